The van der Waals surface area contributed by atoms with Crippen LogP contribution in [0.5, 0.6) is 0 Å². The summed E-state index contributed by atoms with van der Waals surface area (Å²) in [6.07, 6.45) is 4.75. The van der Waals surface area contributed by atoms with Gasteiger partial charge in [0.1, 0.15) is 0 Å². The van der Waals surface area contributed by atoms with Crippen molar-refractivity contribution in [1.29, 1.82) is 0 Å². The van der Waals surface area contributed by atoms with Crippen molar-refractivity contribution < 1.29 is 0 Å². The van der Waals surface area contributed by atoms with E-state index in [1.165, 1.54) is 19.4 Å². The average Bonchev–Trinajstić information content (AvgIpc) is 2.85. The second-order valence-corrected chi connectivity index (χ2v) is 6.54. The largest absolute Gasteiger partial charge is 0.309 e. The molecule has 0 radical (unpaired) electrons. The number of nitrogens with zero attached hydrogens (tertiary/aromatic N) is 4. The lowest BCUT2D eigenvalue weighted by atomic mass is 9.95. The Balaban J connectivity index is 1.78. The molecule has 5 heteroatoms. The van der Waals surface area contributed by atoms with Gasteiger partial charge in [-0.2, -0.15) is 0 Å². The quantitative estimate of drug-likeness (QED) is 0.864. The first kappa shape index (κ1) is 15.4. The summed E-state index contributed by atoms with van der Waals surface area (Å²) in [6.45, 7) is 13.0. The normalized spacial score (nSPS) is 24.4. The summed E-state index contributed by atoms with van der Waals surface area (Å²) < 4.78 is 1.98. The van der Waals surface area contributed by atoms with E-state index in [-0.39, 0.29) is 0 Å². The van der Waals surface area contributed by atoms with Gasteiger partial charge < -0.3 is 5.32 Å². The molecule has 2 rings (SSSR count). The van der Waals surface area contributed by atoms with Crippen LogP contribution in [0.2, 0.25) is 0 Å². The summed E-state index contributed by atoms with van der Waals surface area (Å²) in [7, 11) is 0. The third-order valence-corrected chi connectivity index (χ3v) is 4.14. The van der Waals surface area contributed by atoms with E-state index in [1.807, 2.05) is 4.68 Å². The van der Waals surface area contributed by atoms with Crippen LogP contribution in [0, 0.1) is 5.92 Å². The molecule has 0 aliphatic carbocycles. The van der Waals surface area contributed by atoms with Gasteiger partial charge in [0.05, 0.1) is 12.2 Å². The second kappa shape index (κ2) is 7.18. The molecule has 20 heavy (non-hydrogen) atoms. The number of hydrogen-bond donors (Lipinski definition) is 1. The molecular weight excluding hydrogens is 250 g/mol. The summed E-state index contributed by atoms with van der Waals surface area (Å²) >= 11 is 0. The molecule has 5 nitrogen and oxygen atoms in total. The van der Waals surface area contributed by atoms with Crippen LogP contribution in [0.15, 0.2) is 6.20 Å². The minimum atomic E-state index is 0.482. The summed E-state index contributed by atoms with van der Waals surface area (Å²) in [5.74, 6) is 0.827. The minimum Gasteiger partial charge on any atom is -0.309 e. The first-order valence-electron chi connectivity index (χ1n) is 7.91. The van der Waals surface area contributed by atoms with Crippen LogP contribution in [0.25, 0.3) is 0 Å². The van der Waals surface area contributed by atoms with Gasteiger partial charge in [0.25, 0.3) is 0 Å². The third kappa shape index (κ3) is 4.56. The van der Waals surface area contributed by atoms with Crippen LogP contribution in [0.4, 0.5) is 0 Å². The van der Waals surface area contributed by atoms with E-state index in [1.54, 1.807) is 0 Å². The Morgan fingerprint density at radius 3 is 2.85 bits per heavy atom. The first-order valence-corrected chi connectivity index (χ1v) is 7.91. The highest BCUT2D eigenvalue weighted by molar-refractivity contribution is 4.92. The van der Waals surface area contributed by atoms with Gasteiger partial charge in [-0.1, -0.05) is 26.0 Å². The monoisotopic (exact) mass is 279 g/mol. The maximum Gasteiger partial charge on any atom is 0.0964 e. The molecule has 0 spiro atoms. The zero-order valence-electron chi connectivity index (χ0n) is 13.3. The lowest BCUT2D eigenvalue weighted by Gasteiger charge is -2.36. The molecule has 1 fully saturated rings. The van der Waals surface area contributed by atoms with Gasteiger partial charge in [0.15, 0.2) is 0 Å². The SMILES string of the molecule is CC1CCC(C)N(CCn2cc(CNC(C)C)nn2)C1. The van der Waals surface area contributed by atoms with Gasteiger partial charge in [-0.05, 0) is 25.7 Å². The van der Waals surface area contributed by atoms with E-state index in [2.05, 4.69) is 54.4 Å². The van der Waals surface area contributed by atoms with Crippen molar-refractivity contribution in [3.05, 3.63) is 11.9 Å². The van der Waals surface area contributed by atoms with Gasteiger partial charge >= 0.3 is 0 Å². The van der Waals surface area contributed by atoms with Gasteiger partial charge in [0.2, 0.25) is 0 Å². The van der Waals surface area contributed by atoms with Gasteiger partial charge in [-0.3, -0.25) is 9.58 Å². The summed E-state index contributed by atoms with van der Waals surface area (Å²) in [5.41, 5.74) is 1.03. The molecule has 0 amide bonds. The molecule has 2 unspecified atom stereocenters. The number of piperidine rings is 1. The molecule has 1 aromatic rings. The lowest BCUT2D eigenvalue weighted by Crippen LogP contribution is -2.42. The molecule has 1 N–H and O–H groups in total. The second-order valence-electron chi connectivity index (χ2n) is 6.54. The van der Waals surface area contributed by atoms with Gasteiger partial charge in [-0.25, -0.2) is 0 Å². The van der Waals surface area contributed by atoms with Crippen LogP contribution in [0.3, 0.4) is 0 Å². The van der Waals surface area contributed by atoms with Crippen LogP contribution in [0.1, 0.15) is 46.2 Å². The predicted molar refractivity (Wildman–Crippen MR) is 81.4 cm³/mol. The van der Waals surface area contributed by atoms with Gasteiger partial charge in [0, 0.05) is 37.9 Å². The lowest BCUT2D eigenvalue weighted by molar-refractivity contribution is 0.119. The standard InChI is InChI=1S/C15H29N5/c1-12(2)16-9-15-11-20(18-17-15)8-7-19-10-13(3)5-6-14(19)4/h11-14,16H,5-10H2,1-4H3. The molecule has 0 bridgehead atoms. The van der Waals surface area contributed by atoms with E-state index in [0.29, 0.717) is 12.1 Å². The fourth-order valence-corrected chi connectivity index (χ4v) is 2.76. The molecule has 1 saturated heterocycles. The van der Waals surface area contributed by atoms with Crippen LogP contribution < -0.4 is 5.32 Å². The summed E-state index contributed by atoms with van der Waals surface area (Å²) in [6, 6.07) is 1.19. The van der Waals surface area contributed by atoms with Crippen molar-refractivity contribution in [2.75, 3.05) is 13.1 Å². The Morgan fingerprint density at radius 1 is 1.30 bits per heavy atom. The van der Waals surface area contributed by atoms with Crippen molar-refractivity contribution in [2.45, 2.75) is 65.7 Å². The van der Waals surface area contributed by atoms with E-state index in [0.717, 1.165) is 31.2 Å². The van der Waals surface area contributed by atoms with Crippen molar-refractivity contribution >= 4 is 0 Å². The Labute approximate surface area is 122 Å². The van der Waals surface area contributed by atoms with Crippen LogP contribution in [-0.2, 0) is 13.1 Å². The maximum atomic E-state index is 4.22. The number of nitrogens with one attached hydrogen (secondary N) is 1. The molecule has 0 aromatic carbocycles. The highest BCUT2D eigenvalue weighted by Crippen LogP contribution is 2.20. The Hall–Kier alpha value is -0.940. The molecule has 2 heterocycles. The molecule has 0 saturated carbocycles. The fraction of sp³-hybridized carbons (Fsp3) is 0.867. The zero-order chi connectivity index (χ0) is 14.5. The van der Waals surface area contributed by atoms with Crippen molar-refractivity contribution in [3.8, 4) is 0 Å². The number of hydrogen-bond acceptors (Lipinski definition) is 4. The van der Waals surface area contributed by atoms with Crippen molar-refractivity contribution in [3.63, 3.8) is 0 Å². The number of likely N-dealkylation sites (tertiary alicyclic amines) is 1. The molecular formula is C15H29N5. The third-order valence-electron chi connectivity index (χ3n) is 4.14. The minimum absolute atomic E-state index is 0.482. The zero-order valence-corrected chi connectivity index (χ0v) is 13.3. The first-order chi connectivity index (χ1) is 9.54. The molecule has 114 valence electrons. The number of aromatic nitrogens is 3. The van der Waals surface area contributed by atoms with E-state index in [4.69, 9.17) is 0 Å². The smallest absolute Gasteiger partial charge is 0.0964 e. The van der Waals surface area contributed by atoms with Crippen molar-refractivity contribution in [1.82, 2.24) is 25.2 Å². The highest BCUT2D eigenvalue weighted by atomic mass is 15.4. The Bertz CT molecular complexity index is 401. The predicted octanol–water partition coefficient (Wildman–Crippen LogP) is 1.90. The van der Waals surface area contributed by atoms with E-state index >= 15 is 0 Å². The fourth-order valence-electron chi connectivity index (χ4n) is 2.76. The molecule has 2 atom stereocenters. The molecule has 1 aliphatic rings. The van der Waals surface area contributed by atoms with Crippen molar-refractivity contribution in [2.24, 2.45) is 5.92 Å². The van der Waals surface area contributed by atoms with Crippen LogP contribution >= 0.6 is 0 Å². The maximum absolute atomic E-state index is 4.22. The number of rotatable bonds is 6. The molecule has 1 aromatic heterocycles. The van der Waals surface area contributed by atoms with Crippen LogP contribution in [-0.4, -0.2) is 45.1 Å². The summed E-state index contributed by atoms with van der Waals surface area (Å²) in [5, 5.41) is 11.8. The van der Waals surface area contributed by atoms with E-state index < -0.39 is 0 Å². The Kier molecular flexibility index (Phi) is 5.54. The molecule has 1 aliphatic heterocycles. The summed E-state index contributed by atoms with van der Waals surface area (Å²) in [4.78, 5) is 2.59. The van der Waals surface area contributed by atoms with E-state index in [9.17, 15) is 0 Å². The average molecular weight is 279 g/mol. The Morgan fingerprint density at radius 2 is 2.10 bits per heavy atom. The van der Waals surface area contributed by atoms with Gasteiger partial charge in [-0.15, -0.1) is 5.10 Å². The topological polar surface area (TPSA) is 46.0 Å². The highest BCUT2D eigenvalue weighted by Gasteiger charge is 2.22.